The number of pyridine rings is 1. The van der Waals surface area contributed by atoms with Crippen molar-refractivity contribution < 1.29 is 0 Å². The van der Waals surface area contributed by atoms with E-state index in [9.17, 15) is 0 Å². The van der Waals surface area contributed by atoms with Crippen molar-refractivity contribution in [2.24, 2.45) is 0 Å². The first-order valence-corrected chi connectivity index (χ1v) is 6.68. The minimum atomic E-state index is 0.609. The molecule has 0 aromatic carbocycles. The summed E-state index contributed by atoms with van der Waals surface area (Å²) in [4.78, 5) is 8.58. The molecule has 100 valence electrons. The van der Waals surface area contributed by atoms with Crippen LogP contribution in [0.5, 0.6) is 0 Å². The molecule has 2 aromatic heterocycles. The fourth-order valence-corrected chi connectivity index (χ4v) is 1.88. The van der Waals surface area contributed by atoms with Gasteiger partial charge in [0.25, 0.3) is 0 Å². The number of nitrogens with zero attached hydrogens (tertiary/aromatic N) is 4. The second kappa shape index (κ2) is 6.78. The third kappa shape index (κ3) is 3.71. The Balaban J connectivity index is 1.93. The van der Waals surface area contributed by atoms with Crippen molar-refractivity contribution in [3.8, 4) is 0 Å². The largest absolute Gasteiger partial charge is 0.353 e. The highest BCUT2D eigenvalue weighted by atomic mass is 15.2. The first kappa shape index (κ1) is 13.4. The standard InChI is InChI=1S/C14H19N5/c1-3-12-13(4-2)18-19-14(17-12)16-9-7-11-6-5-8-15-10-11/h5-6,8,10H,3-4,7,9H2,1-2H3,(H,16,17,19). The van der Waals surface area contributed by atoms with Crippen LogP contribution in [-0.2, 0) is 19.3 Å². The Hall–Kier alpha value is -2.04. The second-order valence-electron chi connectivity index (χ2n) is 4.27. The molecule has 0 unspecified atom stereocenters. The minimum absolute atomic E-state index is 0.609. The van der Waals surface area contributed by atoms with Crippen molar-refractivity contribution in [1.29, 1.82) is 0 Å². The van der Waals surface area contributed by atoms with E-state index in [-0.39, 0.29) is 0 Å². The van der Waals surface area contributed by atoms with Crippen LogP contribution in [0.15, 0.2) is 24.5 Å². The molecule has 0 saturated heterocycles. The van der Waals surface area contributed by atoms with Crippen molar-refractivity contribution in [2.45, 2.75) is 33.1 Å². The van der Waals surface area contributed by atoms with Gasteiger partial charge < -0.3 is 5.32 Å². The van der Waals surface area contributed by atoms with Gasteiger partial charge >= 0.3 is 0 Å². The molecule has 0 bridgehead atoms. The van der Waals surface area contributed by atoms with Gasteiger partial charge in [-0.3, -0.25) is 4.98 Å². The lowest BCUT2D eigenvalue weighted by Gasteiger charge is -2.07. The van der Waals surface area contributed by atoms with Crippen molar-refractivity contribution in [1.82, 2.24) is 20.2 Å². The van der Waals surface area contributed by atoms with Crippen LogP contribution in [0.2, 0.25) is 0 Å². The number of anilines is 1. The summed E-state index contributed by atoms with van der Waals surface area (Å²) in [6, 6.07) is 4.00. The van der Waals surface area contributed by atoms with E-state index in [4.69, 9.17) is 0 Å². The molecule has 0 aliphatic heterocycles. The van der Waals surface area contributed by atoms with Gasteiger partial charge in [-0.15, -0.1) is 5.10 Å². The fourth-order valence-electron chi connectivity index (χ4n) is 1.88. The molecule has 19 heavy (non-hydrogen) atoms. The van der Waals surface area contributed by atoms with E-state index < -0.39 is 0 Å². The van der Waals surface area contributed by atoms with E-state index >= 15 is 0 Å². The quantitative estimate of drug-likeness (QED) is 0.858. The van der Waals surface area contributed by atoms with Crippen LogP contribution >= 0.6 is 0 Å². The summed E-state index contributed by atoms with van der Waals surface area (Å²) in [5.74, 6) is 0.609. The van der Waals surface area contributed by atoms with Crippen LogP contribution in [0.1, 0.15) is 30.8 Å². The number of aryl methyl sites for hydroxylation is 2. The van der Waals surface area contributed by atoms with Gasteiger partial charge in [0.1, 0.15) is 0 Å². The maximum absolute atomic E-state index is 4.49. The Kier molecular flexibility index (Phi) is 4.78. The van der Waals surface area contributed by atoms with Gasteiger partial charge in [-0.05, 0) is 30.9 Å². The molecule has 1 N–H and O–H groups in total. The number of aromatic nitrogens is 4. The van der Waals surface area contributed by atoms with E-state index in [2.05, 4.69) is 45.4 Å². The van der Waals surface area contributed by atoms with E-state index in [1.165, 1.54) is 5.56 Å². The Labute approximate surface area is 113 Å². The zero-order chi connectivity index (χ0) is 13.5. The van der Waals surface area contributed by atoms with Crippen molar-refractivity contribution >= 4 is 5.95 Å². The number of hydrogen-bond acceptors (Lipinski definition) is 5. The molecule has 2 aromatic rings. The number of rotatable bonds is 6. The average molecular weight is 257 g/mol. The average Bonchev–Trinajstić information content (AvgIpc) is 2.48. The van der Waals surface area contributed by atoms with Gasteiger partial charge in [0.05, 0.1) is 11.4 Å². The third-order valence-electron chi connectivity index (χ3n) is 2.93. The molecular formula is C14H19N5. The molecule has 0 saturated carbocycles. The van der Waals surface area contributed by atoms with Crippen LogP contribution < -0.4 is 5.32 Å². The summed E-state index contributed by atoms with van der Waals surface area (Å²) < 4.78 is 0. The maximum Gasteiger partial charge on any atom is 0.242 e. The minimum Gasteiger partial charge on any atom is -0.353 e. The lowest BCUT2D eigenvalue weighted by molar-refractivity contribution is 0.817. The summed E-state index contributed by atoms with van der Waals surface area (Å²) in [6.45, 7) is 4.94. The van der Waals surface area contributed by atoms with Crippen LogP contribution in [0.4, 0.5) is 5.95 Å². The van der Waals surface area contributed by atoms with Gasteiger partial charge in [-0.1, -0.05) is 19.9 Å². The summed E-state index contributed by atoms with van der Waals surface area (Å²) in [5.41, 5.74) is 3.21. The monoisotopic (exact) mass is 257 g/mol. The Morgan fingerprint density at radius 1 is 1.11 bits per heavy atom. The summed E-state index contributed by atoms with van der Waals surface area (Å²) >= 11 is 0. The smallest absolute Gasteiger partial charge is 0.242 e. The first-order chi connectivity index (χ1) is 9.33. The predicted octanol–water partition coefficient (Wildman–Crippen LogP) is 2.05. The summed E-state index contributed by atoms with van der Waals surface area (Å²) in [5, 5.41) is 11.5. The molecule has 0 fully saturated rings. The number of nitrogens with one attached hydrogen (secondary N) is 1. The van der Waals surface area contributed by atoms with Crippen LogP contribution in [-0.4, -0.2) is 26.7 Å². The molecule has 0 atom stereocenters. The highest BCUT2D eigenvalue weighted by Crippen LogP contribution is 2.07. The zero-order valence-corrected chi connectivity index (χ0v) is 11.4. The molecule has 0 amide bonds. The number of hydrogen-bond donors (Lipinski definition) is 1. The summed E-state index contributed by atoms with van der Waals surface area (Å²) in [6.07, 6.45) is 6.31. The normalized spacial score (nSPS) is 10.4. The lowest BCUT2D eigenvalue weighted by atomic mass is 10.2. The Bertz CT molecular complexity index is 512. The van der Waals surface area contributed by atoms with Gasteiger partial charge in [-0.25, -0.2) is 4.98 Å². The Morgan fingerprint density at radius 3 is 2.63 bits per heavy atom. The van der Waals surface area contributed by atoms with E-state index in [1.54, 1.807) is 6.20 Å². The fraction of sp³-hybridized carbons (Fsp3) is 0.429. The molecule has 2 heterocycles. The molecule has 0 aliphatic carbocycles. The molecule has 2 rings (SSSR count). The highest BCUT2D eigenvalue weighted by Gasteiger charge is 2.05. The van der Waals surface area contributed by atoms with Gasteiger partial charge in [-0.2, -0.15) is 5.10 Å². The molecule has 5 nitrogen and oxygen atoms in total. The van der Waals surface area contributed by atoms with E-state index in [0.717, 1.165) is 37.2 Å². The SMILES string of the molecule is CCc1nnc(NCCc2cccnc2)nc1CC. The second-order valence-corrected chi connectivity index (χ2v) is 4.27. The highest BCUT2D eigenvalue weighted by molar-refractivity contribution is 5.26. The van der Waals surface area contributed by atoms with Gasteiger partial charge in [0, 0.05) is 18.9 Å². The van der Waals surface area contributed by atoms with Crippen molar-refractivity contribution in [2.75, 3.05) is 11.9 Å². The lowest BCUT2D eigenvalue weighted by Crippen LogP contribution is -2.12. The summed E-state index contributed by atoms with van der Waals surface area (Å²) in [7, 11) is 0. The Morgan fingerprint density at radius 2 is 1.95 bits per heavy atom. The molecule has 0 aliphatic rings. The van der Waals surface area contributed by atoms with Crippen molar-refractivity contribution in [3.05, 3.63) is 41.5 Å². The molecule has 0 spiro atoms. The van der Waals surface area contributed by atoms with Gasteiger partial charge in [0.2, 0.25) is 5.95 Å². The van der Waals surface area contributed by atoms with Gasteiger partial charge in [0.15, 0.2) is 0 Å². The van der Waals surface area contributed by atoms with Crippen LogP contribution in [0.25, 0.3) is 0 Å². The van der Waals surface area contributed by atoms with Crippen LogP contribution in [0, 0.1) is 0 Å². The first-order valence-electron chi connectivity index (χ1n) is 6.68. The van der Waals surface area contributed by atoms with Crippen molar-refractivity contribution in [3.63, 3.8) is 0 Å². The molecular weight excluding hydrogens is 238 g/mol. The predicted molar refractivity (Wildman–Crippen MR) is 75.0 cm³/mol. The van der Waals surface area contributed by atoms with E-state index in [1.807, 2.05) is 12.3 Å². The molecule has 5 heteroatoms. The topological polar surface area (TPSA) is 63.6 Å². The maximum atomic E-state index is 4.49. The molecule has 0 radical (unpaired) electrons. The third-order valence-corrected chi connectivity index (χ3v) is 2.93. The zero-order valence-electron chi connectivity index (χ0n) is 11.4. The van der Waals surface area contributed by atoms with Crippen LogP contribution in [0.3, 0.4) is 0 Å². The van der Waals surface area contributed by atoms with E-state index in [0.29, 0.717) is 5.95 Å².